The first-order valence-electron chi connectivity index (χ1n) is 6.01. The molecule has 1 aliphatic carbocycles. The molecule has 0 spiro atoms. The molecule has 0 radical (unpaired) electrons. The van der Waals surface area contributed by atoms with Crippen molar-refractivity contribution in [1.29, 1.82) is 0 Å². The molecule has 1 aliphatic rings. The summed E-state index contributed by atoms with van der Waals surface area (Å²) in [6.45, 7) is 6.98. The fourth-order valence-electron chi connectivity index (χ4n) is 2.38. The Morgan fingerprint density at radius 1 is 1.06 bits per heavy atom. The van der Waals surface area contributed by atoms with Crippen LogP contribution in [0.15, 0.2) is 48.6 Å². The molecule has 0 saturated carbocycles. The Morgan fingerprint density at radius 2 is 1.75 bits per heavy atom. The van der Waals surface area contributed by atoms with Gasteiger partial charge in [0.1, 0.15) is 0 Å². The molecule has 1 atom stereocenters. The molecule has 2 rings (SSSR count). The van der Waals surface area contributed by atoms with Crippen molar-refractivity contribution in [2.24, 2.45) is 11.3 Å². The molecule has 84 valence electrons. The van der Waals surface area contributed by atoms with Crippen LogP contribution in [0.2, 0.25) is 0 Å². The van der Waals surface area contributed by atoms with Crippen LogP contribution >= 0.6 is 0 Å². The molecule has 0 saturated heterocycles. The summed E-state index contributed by atoms with van der Waals surface area (Å²) in [5, 5.41) is 0. The van der Waals surface area contributed by atoms with E-state index in [9.17, 15) is 0 Å². The van der Waals surface area contributed by atoms with Crippen molar-refractivity contribution in [3.63, 3.8) is 0 Å². The van der Waals surface area contributed by atoms with E-state index >= 15 is 0 Å². The predicted octanol–water partition coefficient (Wildman–Crippen LogP) is 4.69. The minimum absolute atomic E-state index is 0.326. The van der Waals surface area contributed by atoms with Gasteiger partial charge in [0.05, 0.1) is 0 Å². The zero-order chi connectivity index (χ0) is 11.6. The summed E-state index contributed by atoms with van der Waals surface area (Å²) in [5.74, 6) is 0.625. The monoisotopic (exact) mass is 212 g/mol. The number of hydrogen-bond donors (Lipinski definition) is 0. The molecule has 0 aromatic heterocycles. The Labute approximate surface area is 98.7 Å². The molecule has 1 aromatic rings. The lowest BCUT2D eigenvalue weighted by atomic mass is 9.71. The molecule has 0 heteroatoms. The van der Waals surface area contributed by atoms with Crippen LogP contribution in [0, 0.1) is 11.3 Å². The van der Waals surface area contributed by atoms with Crippen molar-refractivity contribution in [2.75, 3.05) is 0 Å². The lowest BCUT2D eigenvalue weighted by Gasteiger charge is -2.34. The summed E-state index contributed by atoms with van der Waals surface area (Å²) < 4.78 is 0. The van der Waals surface area contributed by atoms with Crippen LogP contribution < -0.4 is 0 Å². The standard InChI is InChI=1S/C16H20/c1-16(2,3)15-12-8-7-11-14(15)13-9-5-4-6-10-13/h4-11,15H,12H2,1-3H3. The van der Waals surface area contributed by atoms with E-state index in [1.54, 1.807) is 0 Å². The fourth-order valence-corrected chi connectivity index (χ4v) is 2.38. The van der Waals surface area contributed by atoms with Gasteiger partial charge in [0.2, 0.25) is 0 Å². The van der Waals surface area contributed by atoms with Gasteiger partial charge in [-0.1, -0.05) is 69.3 Å². The average molecular weight is 212 g/mol. The van der Waals surface area contributed by atoms with Gasteiger partial charge in [-0.25, -0.2) is 0 Å². The smallest absolute Gasteiger partial charge is 0.00727 e. The lowest BCUT2D eigenvalue weighted by molar-refractivity contribution is 0.304. The van der Waals surface area contributed by atoms with Crippen molar-refractivity contribution in [3.8, 4) is 0 Å². The molecular weight excluding hydrogens is 192 g/mol. The van der Waals surface area contributed by atoms with E-state index in [0.29, 0.717) is 11.3 Å². The second-order valence-corrected chi connectivity index (χ2v) is 5.57. The molecular formula is C16H20. The first kappa shape index (κ1) is 11.2. The third-order valence-corrected chi connectivity index (χ3v) is 3.31. The van der Waals surface area contributed by atoms with Crippen molar-refractivity contribution < 1.29 is 0 Å². The van der Waals surface area contributed by atoms with E-state index in [2.05, 4.69) is 69.3 Å². The van der Waals surface area contributed by atoms with Gasteiger partial charge in [-0.15, -0.1) is 0 Å². The minimum atomic E-state index is 0.326. The van der Waals surface area contributed by atoms with Crippen molar-refractivity contribution in [1.82, 2.24) is 0 Å². The quantitative estimate of drug-likeness (QED) is 0.633. The highest BCUT2D eigenvalue weighted by atomic mass is 14.3. The van der Waals surface area contributed by atoms with Gasteiger partial charge < -0.3 is 0 Å². The van der Waals surface area contributed by atoms with E-state index in [1.807, 2.05) is 0 Å². The summed E-state index contributed by atoms with van der Waals surface area (Å²) in [5.41, 5.74) is 3.18. The van der Waals surface area contributed by atoms with Crippen molar-refractivity contribution in [3.05, 3.63) is 54.1 Å². The third-order valence-electron chi connectivity index (χ3n) is 3.31. The SMILES string of the molecule is CC(C)(C)C1CC=CC=C1c1ccccc1. The summed E-state index contributed by atoms with van der Waals surface area (Å²) in [6, 6.07) is 10.7. The largest absolute Gasteiger partial charge is 0.0839 e. The molecule has 16 heavy (non-hydrogen) atoms. The van der Waals surface area contributed by atoms with Gasteiger partial charge in [-0.3, -0.25) is 0 Å². The zero-order valence-electron chi connectivity index (χ0n) is 10.4. The Balaban J connectivity index is 2.38. The van der Waals surface area contributed by atoms with Gasteiger partial charge in [0.15, 0.2) is 0 Å². The highest BCUT2D eigenvalue weighted by Gasteiger charge is 2.28. The number of allylic oxidation sites excluding steroid dienone is 4. The Bertz CT molecular complexity index is 401. The van der Waals surface area contributed by atoms with E-state index in [1.165, 1.54) is 11.1 Å². The first-order chi connectivity index (χ1) is 7.59. The number of benzene rings is 1. The first-order valence-corrected chi connectivity index (χ1v) is 6.01. The maximum atomic E-state index is 2.33. The van der Waals surface area contributed by atoms with Crippen molar-refractivity contribution in [2.45, 2.75) is 27.2 Å². The molecule has 0 amide bonds. The summed E-state index contributed by atoms with van der Waals surface area (Å²) in [6.07, 6.45) is 7.89. The van der Waals surface area contributed by atoms with Crippen molar-refractivity contribution >= 4 is 5.57 Å². The summed E-state index contributed by atoms with van der Waals surface area (Å²) in [4.78, 5) is 0. The Kier molecular flexibility index (Phi) is 3.00. The van der Waals surface area contributed by atoms with Crippen LogP contribution in [0.5, 0.6) is 0 Å². The normalized spacial score (nSPS) is 20.7. The fraction of sp³-hybridized carbons (Fsp3) is 0.375. The van der Waals surface area contributed by atoms with Crippen LogP contribution in [-0.4, -0.2) is 0 Å². The second-order valence-electron chi connectivity index (χ2n) is 5.57. The zero-order valence-corrected chi connectivity index (χ0v) is 10.4. The van der Waals surface area contributed by atoms with Crippen LogP contribution in [0.1, 0.15) is 32.8 Å². The summed E-state index contributed by atoms with van der Waals surface area (Å²) >= 11 is 0. The van der Waals surface area contributed by atoms with E-state index < -0.39 is 0 Å². The number of rotatable bonds is 1. The Hall–Kier alpha value is -1.30. The van der Waals surface area contributed by atoms with E-state index in [-0.39, 0.29) is 0 Å². The van der Waals surface area contributed by atoms with Gasteiger partial charge in [-0.2, -0.15) is 0 Å². The van der Waals surface area contributed by atoms with Gasteiger partial charge in [-0.05, 0) is 28.9 Å². The molecule has 0 aliphatic heterocycles. The van der Waals surface area contributed by atoms with Gasteiger partial charge >= 0.3 is 0 Å². The van der Waals surface area contributed by atoms with Crippen LogP contribution in [-0.2, 0) is 0 Å². The molecule has 1 unspecified atom stereocenters. The highest BCUT2D eigenvalue weighted by molar-refractivity contribution is 5.70. The maximum Gasteiger partial charge on any atom is -0.00727 e. The topological polar surface area (TPSA) is 0 Å². The molecule has 0 nitrogen and oxygen atoms in total. The maximum absolute atomic E-state index is 2.33. The molecule has 0 bridgehead atoms. The lowest BCUT2D eigenvalue weighted by Crippen LogP contribution is -2.22. The van der Waals surface area contributed by atoms with Crippen LogP contribution in [0.3, 0.4) is 0 Å². The summed E-state index contributed by atoms with van der Waals surface area (Å²) in [7, 11) is 0. The number of hydrogen-bond acceptors (Lipinski definition) is 0. The van der Waals surface area contributed by atoms with E-state index in [0.717, 1.165) is 6.42 Å². The molecule has 0 heterocycles. The molecule has 0 N–H and O–H groups in total. The minimum Gasteiger partial charge on any atom is -0.0839 e. The second kappa shape index (κ2) is 4.29. The Morgan fingerprint density at radius 3 is 2.38 bits per heavy atom. The molecule has 0 fully saturated rings. The van der Waals surface area contributed by atoms with Crippen LogP contribution in [0.4, 0.5) is 0 Å². The predicted molar refractivity (Wildman–Crippen MR) is 71.1 cm³/mol. The van der Waals surface area contributed by atoms with Crippen LogP contribution in [0.25, 0.3) is 5.57 Å². The van der Waals surface area contributed by atoms with Gasteiger partial charge in [0, 0.05) is 0 Å². The third kappa shape index (κ3) is 2.27. The molecule has 1 aromatic carbocycles. The highest BCUT2D eigenvalue weighted by Crippen LogP contribution is 2.41. The van der Waals surface area contributed by atoms with E-state index in [4.69, 9.17) is 0 Å². The average Bonchev–Trinajstić information content (AvgIpc) is 2.29. The van der Waals surface area contributed by atoms with Gasteiger partial charge in [0.25, 0.3) is 0 Å².